The first-order valence-corrected chi connectivity index (χ1v) is 14.7. The highest BCUT2D eigenvalue weighted by atomic mass is 35.5. The Bertz CT molecular complexity index is 1710. The zero-order valence-electron chi connectivity index (χ0n) is 23.8. The van der Waals surface area contributed by atoms with Gasteiger partial charge < -0.3 is 14.4 Å². The molecule has 0 aromatic heterocycles. The van der Waals surface area contributed by atoms with Crippen LogP contribution in [0.1, 0.15) is 65.1 Å². The third kappa shape index (κ3) is 4.39. The lowest BCUT2D eigenvalue weighted by Crippen LogP contribution is -2.30. The Morgan fingerprint density at radius 3 is 1.74 bits per heavy atom. The number of halogens is 2. The summed E-state index contributed by atoms with van der Waals surface area (Å²) in [6.45, 7) is 9.10. The molecule has 1 aliphatic carbocycles. The highest BCUT2D eigenvalue weighted by molar-refractivity contribution is 6.46. The van der Waals surface area contributed by atoms with Crippen molar-refractivity contribution in [3.63, 3.8) is 0 Å². The summed E-state index contributed by atoms with van der Waals surface area (Å²) in [4.78, 5) is 28.9. The summed E-state index contributed by atoms with van der Waals surface area (Å²) in [5.41, 5.74) is 6.10. The van der Waals surface area contributed by atoms with Gasteiger partial charge in [-0.1, -0.05) is 73.4 Å². The molecule has 0 N–H and O–H groups in total. The van der Waals surface area contributed by atoms with Crippen LogP contribution in [0.4, 0.5) is 17.1 Å². The average molecular weight is 599 g/mol. The van der Waals surface area contributed by atoms with Crippen LogP contribution in [0.25, 0.3) is 6.08 Å². The van der Waals surface area contributed by atoms with Crippen molar-refractivity contribution in [3.8, 4) is 11.5 Å². The van der Waals surface area contributed by atoms with E-state index in [0.29, 0.717) is 30.3 Å². The summed E-state index contributed by atoms with van der Waals surface area (Å²) in [7, 11) is 0. The number of Topliss-reactive ketones (excluding diaryl/α,β-unsaturated/α-hetero) is 2. The van der Waals surface area contributed by atoms with Crippen molar-refractivity contribution in [2.75, 3.05) is 18.1 Å². The first-order valence-electron chi connectivity index (χ1n) is 13.9. The zero-order chi connectivity index (χ0) is 29.8. The molecule has 4 aromatic carbocycles. The number of hydrogen-bond donors (Lipinski definition) is 0. The van der Waals surface area contributed by atoms with Crippen molar-refractivity contribution in [2.24, 2.45) is 0 Å². The SMILES string of the molecule is CCOc1cc(N2c3ccccc3C(C)(C)c3ccccc32)c(OCC)cc1C=C1C(=O)c2cc(Cl)c(Cl)cc2C1=O. The molecule has 4 aromatic rings. The van der Waals surface area contributed by atoms with Gasteiger partial charge in [0.05, 0.1) is 45.9 Å². The molecule has 0 saturated carbocycles. The van der Waals surface area contributed by atoms with Gasteiger partial charge >= 0.3 is 0 Å². The number of benzene rings is 4. The minimum absolute atomic E-state index is 0.0231. The minimum Gasteiger partial charge on any atom is -0.493 e. The molecule has 0 spiro atoms. The van der Waals surface area contributed by atoms with Gasteiger partial charge in [-0.05, 0) is 61.4 Å². The van der Waals surface area contributed by atoms with E-state index in [0.717, 1.165) is 17.1 Å². The van der Waals surface area contributed by atoms with E-state index in [2.05, 4.69) is 55.1 Å². The lowest BCUT2D eigenvalue weighted by atomic mass is 9.73. The van der Waals surface area contributed by atoms with Gasteiger partial charge in [-0.25, -0.2) is 0 Å². The number of anilines is 3. The Morgan fingerprint density at radius 1 is 0.714 bits per heavy atom. The van der Waals surface area contributed by atoms with Crippen molar-refractivity contribution >= 4 is 57.9 Å². The predicted molar refractivity (Wildman–Crippen MR) is 169 cm³/mol. The van der Waals surface area contributed by atoms with Crippen LogP contribution in [0.5, 0.6) is 11.5 Å². The number of allylic oxidation sites excluding steroid dienone is 1. The molecule has 0 unspecified atom stereocenters. The first-order chi connectivity index (χ1) is 20.2. The van der Waals surface area contributed by atoms with Gasteiger partial charge in [0, 0.05) is 28.2 Å². The summed E-state index contributed by atoms with van der Waals surface area (Å²) in [6.07, 6.45) is 1.57. The number of ketones is 2. The highest BCUT2D eigenvalue weighted by Crippen LogP contribution is 2.54. The molecule has 0 fully saturated rings. The largest absolute Gasteiger partial charge is 0.493 e. The molecule has 7 heteroatoms. The van der Waals surface area contributed by atoms with Crippen LogP contribution >= 0.6 is 23.2 Å². The van der Waals surface area contributed by atoms with Crippen LogP contribution in [0.2, 0.25) is 10.0 Å². The summed E-state index contributed by atoms with van der Waals surface area (Å²) in [6, 6.07) is 23.4. The predicted octanol–water partition coefficient (Wildman–Crippen LogP) is 9.36. The highest BCUT2D eigenvalue weighted by Gasteiger charge is 2.38. The Balaban J connectivity index is 1.55. The van der Waals surface area contributed by atoms with Crippen LogP contribution in [0.15, 0.2) is 78.4 Å². The smallest absolute Gasteiger partial charge is 0.197 e. The molecule has 1 heterocycles. The van der Waals surface area contributed by atoms with E-state index >= 15 is 0 Å². The quantitative estimate of drug-likeness (QED) is 0.164. The molecular formula is C35H29Cl2NO4. The van der Waals surface area contributed by atoms with Crippen LogP contribution in [-0.2, 0) is 5.41 Å². The van der Waals surface area contributed by atoms with E-state index in [-0.39, 0.29) is 32.2 Å². The molecule has 5 nitrogen and oxygen atoms in total. The van der Waals surface area contributed by atoms with E-state index < -0.39 is 11.6 Å². The zero-order valence-corrected chi connectivity index (χ0v) is 25.3. The van der Waals surface area contributed by atoms with Crippen molar-refractivity contribution in [1.82, 2.24) is 0 Å². The van der Waals surface area contributed by atoms with Crippen molar-refractivity contribution in [1.29, 1.82) is 0 Å². The van der Waals surface area contributed by atoms with Crippen LogP contribution in [0, 0.1) is 0 Å². The van der Waals surface area contributed by atoms with Crippen molar-refractivity contribution < 1.29 is 19.1 Å². The number of para-hydroxylation sites is 2. The van der Waals surface area contributed by atoms with Crippen LogP contribution in [-0.4, -0.2) is 24.8 Å². The second-order valence-corrected chi connectivity index (χ2v) is 11.6. The average Bonchev–Trinajstić information content (AvgIpc) is 3.19. The molecule has 1 aliphatic heterocycles. The molecule has 2 aliphatic rings. The lowest BCUT2D eigenvalue weighted by Gasteiger charge is -2.42. The third-order valence-corrected chi connectivity index (χ3v) is 8.63. The van der Waals surface area contributed by atoms with Crippen LogP contribution in [0.3, 0.4) is 0 Å². The van der Waals surface area contributed by atoms with Crippen molar-refractivity contribution in [2.45, 2.75) is 33.1 Å². The summed E-state index contributed by atoms with van der Waals surface area (Å²) < 4.78 is 12.3. The standard InChI is InChI=1S/C35H29Cl2NO4/c1-5-41-31-19-30(38-28-13-9-7-11-24(28)35(3,4)25-12-8-10-14-29(25)38)32(42-6-2)16-20(31)15-23-33(39)21-17-26(36)27(37)18-22(21)34(23)40/h7-19H,5-6H2,1-4H3. The first kappa shape index (κ1) is 28.1. The van der Waals surface area contributed by atoms with Crippen LogP contribution < -0.4 is 14.4 Å². The summed E-state index contributed by atoms with van der Waals surface area (Å²) in [5.74, 6) is 0.313. The number of ether oxygens (including phenoxy) is 2. The number of hydrogen-bond acceptors (Lipinski definition) is 5. The maximum atomic E-state index is 13.3. The van der Waals surface area contributed by atoms with Gasteiger partial charge in [-0.3, -0.25) is 9.59 Å². The van der Waals surface area contributed by atoms with Gasteiger partial charge in [0.1, 0.15) is 11.5 Å². The summed E-state index contributed by atoms with van der Waals surface area (Å²) in [5, 5.41) is 0.446. The minimum atomic E-state index is -0.404. The van der Waals surface area contributed by atoms with E-state index in [1.54, 1.807) is 6.08 Å². The van der Waals surface area contributed by atoms with Crippen molar-refractivity contribution in [3.05, 3.63) is 116 Å². The van der Waals surface area contributed by atoms with Gasteiger partial charge in [0.15, 0.2) is 11.6 Å². The Morgan fingerprint density at radius 2 is 1.21 bits per heavy atom. The summed E-state index contributed by atoms with van der Waals surface area (Å²) >= 11 is 12.3. The van der Waals surface area contributed by atoms with E-state index in [4.69, 9.17) is 32.7 Å². The van der Waals surface area contributed by atoms with E-state index in [9.17, 15) is 9.59 Å². The number of fused-ring (bicyclic) bond motifs is 3. The van der Waals surface area contributed by atoms with E-state index in [1.165, 1.54) is 23.3 Å². The number of carbonyl (C=O) groups excluding carboxylic acids is 2. The molecule has 42 heavy (non-hydrogen) atoms. The Labute approximate surface area is 255 Å². The normalized spacial score (nSPS) is 14.8. The number of nitrogens with zero attached hydrogens (tertiary/aromatic N) is 1. The molecule has 0 bridgehead atoms. The maximum absolute atomic E-state index is 13.3. The molecule has 0 atom stereocenters. The fourth-order valence-electron chi connectivity index (χ4n) is 5.94. The molecule has 212 valence electrons. The Hall–Kier alpha value is -4.06. The van der Waals surface area contributed by atoms with Gasteiger partial charge in [-0.2, -0.15) is 0 Å². The van der Waals surface area contributed by atoms with E-state index in [1.807, 2.05) is 38.1 Å². The molecular weight excluding hydrogens is 569 g/mol. The van der Waals surface area contributed by atoms with Gasteiger partial charge in [0.25, 0.3) is 0 Å². The topological polar surface area (TPSA) is 55.8 Å². The monoisotopic (exact) mass is 597 g/mol. The maximum Gasteiger partial charge on any atom is 0.197 e. The number of rotatable bonds is 6. The second-order valence-electron chi connectivity index (χ2n) is 10.7. The fraction of sp³-hybridized carbons (Fsp3) is 0.200. The molecule has 6 rings (SSSR count). The van der Waals surface area contributed by atoms with Gasteiger partial charge in [-0.15, -0.1) is 0 Å². The number of carbonyl (C=O) groups is 2. The molecule has 0 saturated heterocycles. The Kier molecular flexibility index (Phi) is 7.12. The third-order valence-electron chi connectivity index (χ3n) is 7.91. The van der Waals surface area contributed by atoms with Gasteiger partial charge in [0.2, 0.25) is 0 Å². The lowest BCUT2D eigenvalue weighted by molar-refractivity contribution is 0.0990. The molecule has 0 radical (unpaired) electrons. The molecule has 0 amide bonds. The fourth-order valence-corrected chi connectivity index (χ4v) is 6.26. The second kappa shape index (κ2) is 10.6.